The molecule has 0 saturated carbocycles. The summed E-state index contributed by atoms with van der Waals surface area (Å²) in [5.74, 6) is -0.0370. The van der Waals surface area contributed by atoms with E-state index in [-0.39, 0.29) is 9.77 Å². The molecular formula is C14H19ClFN3S. The van der Waals surface area contributed by atoms with Crippen molar-refractivity contribution in [2.24, 2.45) is 0 Å². The zero-order chi connectivity index (χ0) is 14.9. The Bertz CT molecular complexity index is 614. The van der Waals surface area contributed by atoms with Crippen molar-refractivity contribution in [3.63, 3.8) is 0 Å². The predicted octanol–water partition coefficient (Wildman–Crippen LogP) is 4.33. The third kappa shape index (κ3) is 2.61. The van der Waals surface area contributed by atoms with Crippen LogP contribution < -0.4 is 5.73 Å². The van der Waals surface area contributed by atoms with Crippen LogP contribution in [0.1, 0.15) is 26.7 Å². The largest absolute Gasteiger partial charge is 0.369 e. The van der Waals surface area contributed by atoms with Gasteiger partial charge < -0.3 is 10.3 Å². The minimum atomic E-state index is -0.442. The third-order valence-electron chi connectivity index (χ3n) is 3.99. The van der Waals surface area contributed by atoms with E-state index in [1.807, 2.05) is 16.3 Å². The lowest BCUT2D eigenvalue weighted by atomic mass is 10.0. The second kappa shape index (κ2) is 5.82. The van der Waals surface area contributed by atoms with Crippen molar-refractivity contribution in [1.29, 1.82) is 0 Å². The SMILES string of the molecule is CCC(CC)(Cn1c(N)nc2cc(Cl)c(F)cc21)SC. The average molecular weight is 316 g/mol. The van der Waals surface area contributed by atoms with Gasteiger partial charge in [-0.1, -0.05) is 25.4 Å². The summed E-state index contributed by atoms with van der Waals surface area (Å²) in [6.45, 7) is 5.03. The Morgan fingerprint density at radius 3 is 2.60 bits per heavy atom. The van der Waals surface area contributed by atoms with Gasteiger partial charge in [0.2, 0.25) is 5.95 Å². The summed E-state index contributed by atoms with van der Waals surface area (Å²) in [5, 5.41) is 0.0734. The highest BCUT2D eigenvalue weighted by molar-refractivity contribution is 8.00. The average Bonchev–Trinajstić information content (AvgIpc) is 2.72. The van der Waals surface area contributed by atoms with Gasteiger partial charge in [0.25, 0.3) is 0 Å². The normalized spacial score (nSPS) is 12.2. The molecule has 3 nitrogen and oxygen atoms in total. The van der Waals surface area contributed by atoms with Crippen LogP contribution >= 0.6 is 23.4 Å². The Labute approximate surface area is 127 Å². The second-order valence-corrected chi connectivity index (χ2v) is 6.59. The van der Waals surface area contributed by atoms with Crippen LogP contribution in [0, 0.1) is 5.82 Å². The van der Waals surface area contributed by atoms with Crippen LogP contribution in [0.3, 0.4) is 0 Å². The molecule has 6 heteroatoms. The number of thioether (sulfide) groups is 1. The predicted molar refractivity (Wildman–Crippen MR) is 85.9 cm³/mol. The molecule has 2 aromatic rings. The minimum Gasteiger partial charge on any atom is -0.369 e. The molecule has 1 aromatic heterocycles. The molecule has 0 saturated heterocycles. The van der Waals surface area contributed by atoms with E-state index in [0.717, 1.165) is 12.8 Å². The number of hydrogen-bond donors (Lipinski definition) is 1. The molecule has 1 aromatic carbocycles. The molecule has 2 rings (SSSR count). The maximum Gasteiger partial charge on any atom is 0.201 e. The van der Waals surface area contributed by atoms with Crippen LogP contribution in [-0.2, 0) is 6.54 Å². The van der Waals surface area contributed by atoms with E-state index in [2.05, 4.69) is 25.1 Å². The molecule has 0 amide bonds. The first-order chi connectivity index (χ1) is 9.46. The van der Waals surface area contributed by atoms with E-state index in [1.54, 1.807) is 0 Å². The summed E-state index contributed by atoms with van der Waals surface area (Å²) in [4.78, 5) is 4.28. The number of anilines is 1. The first kappa shape index (κ1) is 15.4. The molecule has 0 aliphatic rings. The van der Waals surface area contributed by atoms with Crippen LogP contribution in [0.15, 0.2) is 12.1 Å². The van der Waals surface area contributed by atoms with Crippen LogP contribution in [-0.4, -0.2) is 20.6 Å². The Morgan fingerprint density at radius 2 is 2.05 bits per heavy atom. The summed E-state index contributed by atoms with van der Waals surface area (Å²) >= 11 is 7.61. The molecule has 110 valence electrons. The van der Waals surface area contributed by atoms with Crippen molar-refractivity contribution >= 4 is 40.3 Å². The van der Waals surface area contributed by atoms with Gasteiger partial charge in [0.15, 0.2) is 0 Å². The van der Waals surface area contributed by atoms with Crippen molar-refractivity contribution in [3.05, 3.63) is 23.0 Å². The van der Waals surface area contributed by atoms with Gasteiger partial charge in [0, 0.05) is 17.4 Å². The maximum atomic E-state index is 13.7. The van der Waals surface area contributed by atoms with Crippen molar-refractivity contribution in [1.82, 2.24) is 9.55 Å². The molecule has 0 spiro atoms. The van der Waals surface area contributed by atoms with Gasteiger partial charge in [-0.15, -0.1) is 0 Å². The first-order valence-electron chi connectivity index (χ1n) is 6.62. The first-order valence-corrected chi connectivity index (χ1v) is 8.22. The summed E-state index contributed by atoms with van der Waals surface area (Å²) in [5.41, 5.74) is 7.34. The third-order valence-corrected chi connectivity index (χ3v) is 5.85. The second-order valence-electron chi connectivity index (χ2n) is 4.91. The summed E-state index contributed by atoms with van der Waals surface area (Å²) < 4.78 is 15.7. The monoisotopic (exact) mass is 315 g/mol. The standard InChI is InChI=1S/C14H19ClFN3S/c1-4-14(5-2,20-3)8-19-12-7-10(16)9(15)6-11(12)18-13(19)17/h6-7H,4-5,8H2,1-3H3,(H2,17,18). The van der Waals surface area contributed by atoms with E-state index >= 15 is 0 Å². The van der Waals surface area contributed by atoms with Crippen molar-refractivity contribution in [3.8, 4) is 0 Å². The zero-order valence-corrected chi connectivity index (χ0v) is 13.5. The quantitative estimate of drug-likeness (QED) is 0.893. The molecule has 20 heavy (non-hydrogen) atoms. The lowest BCUT2D eigenvalue weighted by Gasteiger charge is -2.30. The fourth-order valence-corrected chi connectivity index (χ4v) is 3.41. The Kier molecular flexibility index (Phi) is 4.49. The highest BCUT2D eigenvalue weighted by Crippen LogP contribution is 2.35. The smallest absolute Gasteiger partial charge is 0.201 e. The minimum absolute atomic E-state index is 0.0734. The number of nitrogens with two attached hydrogens (primary N) is 1. The number of fused-ring (bicyclic) bond motifs is 1. The van der Waals surface area contributed by atoms with Gasteiger partial charge in [-0.25, -0.2) is 9.37 Å². The fraction of sp³-hybridized carbons (Fsp3) is 0.500. The summed E-state index contributed by atoms with van der Waals surface area (Å²) in [7, 11) is 0. The van der Waals surface area contributed by atoms with Gasteiger partial charge in [-0.05, 0) is 25.2 Å². The fourth-order valence-electron chi connectivity index (χ4n) is 2.42. The number of imidazole rings is 1. The van der Waals surface area contributed by atoms with Crippen LogP contribution in [0.4, 0.5) is 10.3 Å². The number of aromatic nitrogens is 2. The number of nitrogens with zero attached hydrogens (tertiary/aromatic N) is 2. The van der Waals surface area contributed by atoms with Crippen molar-refractivity contribution in [2.75, 3.05) is 12.0 Å². The van der Waals surface area contributed by atoms with E-state index in [9.17, 15) is 4.39 Å². The topological polar surface area (TPSA) is 43.8 Å². The molecule has 0 bridgehead atoms. The number of halogens is 2. The molecule has 0 aliphatic heterocycles. The summed E-state index contributed by atoms with van der Waals surface area (Å²) in [6.07, 6.45) is 4.12. The van der Waals surface area contributed by atoms with Gasteiger partial charge in [0.05, 0.1) is 16.1 Å². The van der Waals surface area contributed by atoms with E-state index < -0.39 is 5.82 Å². The zero-order valence-electron chi connectivity index (χ0n) is 11.9. The Balaban J connectivity index is 2.54. The van der Waals surface area contributed by atoms with Gasteiger partial charge in [-0.2, -0.15) is 11.8 Å². The highest BCUT2D eigenvalue weighted by atomic mass is 35.5. The molecule has 0 radical (unpaired) electrons. The van der Waals surface area contributed by atoms with Crippen molar-refractivity contribution < 1.29 is 4.39 Å². The Hall–Kier alpha value is -0.940. The van der Waals surface area contributed by atoms with E-state index in [4.69, 9.17) is 17.3 Å². The number of nitrogen functional groups attached to an aromatic ring is 1. The number of benzene rings is 1. The summed E-state index contributed by atoms with van der Waals surface area (Å²) in [6, 6.07) is 2.94. The maximum absolute atomic E-state index is 13.7. The number of hydrogen-bond acceptors (Lipinski definition) is 3. The van der Waals surface area contributed by atoms with E-state index in [0.29, 0.717) is 23.5 Å². The molecular weight excluding hydrogens is 297 g/mol. The van der Waals surface area contributed by atoms with Gasteiger partial charge in [0.1, 0.15) is 5.82 Å². The molecule has 0 atom stereocenters. The molecule has 0 unspecified atom stereocenters. The van der Waals surface area contributed by atoms with Gasteiger partial charge >= 0.3 is 0 Å². The van der Waals surface area contributed by atoms with Crippen molar-refractivity contribution in [2.45, 2.75) is 38.0 Å². The molecule has 2 N–H and O–H groups in total. The molecule has 0 aliphatic carbocycles. The lowest BCUT2D eigenvalue weighted by Crippen LogP contribution is -2.29. The number of rotatable bonds is 5. The molecule has 0 fully saturated rings. The molecule has 1 heterocycles. The highest BCUT2D eigenvalue weighted by Gasteiger charge is 2.27. The van der Waals surface area contributed by atoms with E-state index in [1.165, 1.54) is 12.1 Å². The van der Waals surface area contributed by atoms with Crippen LogP contribution in [0.25, 0.3) is 11.0 Å². The lowest BCUT2D eigenvalue weighted by molar-refractivity contribution is 0.476. The van der Waals surface area contributed by atoms with Crippen LogP contribution in [0.5, 0.6) is 0 Å². The Morgan fingerprint density at radius 1 is 1.40 bits per heavy atom. The van der Waals surface area contributed by atoms with Crippen LogP contribution in [0.2, 0.25) is 5.02 Å². The van der Waals surface area contributed by atoms with Gasteiger partial charge in [-0.3, -0.25) is 0 Å².